The van der Waals surface area contributed by atoms with Crippen molar-refractivity contribution in [1.82, 2.24) is 10.7 Å². The molecule has 1 aromatic carbocycles. The van der Waals surface area contributed by atoms with Crippen LogP contribution in [0.1, 0.15) is 37.3 Å². The van der Waals surface area contributed by atoms with Crippen molar-refractivity contribution in [3.05, 3.63) is 29.8 Å². The zero-order valence-electron chi connectivity index (χ0n) is 12.5. The number of amides is 2. The maximum absolute atomic E-state index is 12.3. The van der Waals surface area contributed by atoms with Crippen LogP contribution in [0.4, 0.5) is 0 Å². The summed E-state index contributed by atoms with van der Waals surface area (Å²) in [6.45, 7) is 0. The molecule has 1 heterocycles. The average molecular weight is 301 g/mol. The number of hydrogen-bond acceptors (Lipinski definition) is 4. The second-order valence-electron chi connectivity index (χ2n) is 5.66. The minimum absolute atomic E-state index is 0.0151. The molecule has 116 valence electrons. The lowest BCUT2D eigenvalue weighted by molar-refractivity contribution is -0.121. The molecule has 2 amide bonds. The van der Waals surface area contributed by atoms with E-state index in [1.807, 2.05) is 24.3 Å². The van der Waals surface area contributed by atoms with E-state index in [9.17, 15) is 9.59 Å². The molecule has 0 spiro atoms. The van der Waals surface area contributed by atoms with Crippen LogP contribution in [-0.2, 0) is 9.59 Å². The van der Waals surface area contributed by atoms with E-state index in [1.54, 1.807) is 7.11 Å². The maximum Gasteiger partial charge on any atom is 0.267 e. The van der Waals surface area contributed by atoms with Crippen LogP contribution in [0.2, 0.25) is 0 Å². The fourth-order valence-corrected chi connectivity index (χ4v) is 2.58. The van der Waals surface area contributed by atoms with Crippen molar-refractivity contribution < 1.29 is 14.3 Å². The molecule has 3 rings (SSSR count). The van der Waals surface area contributed by atoms with E-state index in [-0.39, 0.29) is 17.9 Å². The van der Waals surface area contributed by atoms with Gasteiger partial charge in [-0.1, -0.05) is 12.1 Å². The molecule has 1 fully saturated rings. The molecular formula is C16H19N3O3. The predicted octanol–water partition coefficient (Wildman–Crippen LogP) is 1.53. The minimum Gasteiger partial charge on any atom is -0.497 e. The van der Waals surface area contributed by atoms with Gasteiger partial charge in [0.1, 0.15) is 11.5 Å². The molecule has 2 aliphatic rings. The van der Waals surface area contributed by atoms with Gasteiger partial charge in [-0.05, 0) is 36.5 Å². The van der Waals surface area contributed by atoms with E-state index in [2.05, 4.69) is 15.8 Å². The van der Waals surface area contributed by atoms with Crippen molar-refractivity contribution in [2.75, 3.05) is 7.11 Å². The molecule has 1 saturated carbocycles. The lowest BCUT2D eigenvalue weighted by atomic mass is 10.0. The highest BCUT2D eigenvalue weighted by Gasteiger charge is 2.34. The Labute approximate surface area is 128 Å². The Morgan fingerprint density at radius 3 is 2.59 bits per heavy atom. The normalized spacial score (nSPS) is 19.0. The summed E-state index contributed by atoms with van der Waals surface area (Å²) < 4.78 is 5.16. The van der Waals surface area contributed by atoms with Crippen LogP contribution in [0, 0.1) is 5.92 Å². The van der Waals surface area contributed by atoms with Gasteiger partial charge in [0.25, 0.3) is 5.91 Å². The molecule has 1 aliphatic heterocycles. The number of carbonyl (C=O) groups excluding carboxylic acids is 2. The molecule has 22 heavy (non-hydrogen) atoms. The molecule has 6 nitrogen and oxygen atoms in total. The number of hydrazone groups is 1. The van der Waals surface area contributed by atoms with Gasteiger partial charge >= 0.3 is 0 Å². The van der Waals surface area contributed by atoms with Crippen LogP contribution in [0.5, 0.6) is 5.75 Å². The number of benzene rings is 1. The zero-order valence-corrected chi connectivity index (χ0v) is 12.5. The van der Waals surface area contributed by atoms with Gasteiger partial charge in [0.2, 0.25) is 5.91 Å². The monoisotopic (exact) mass is 301 g/mol. The Bertz CT molecular complexity index is 606. The third-order valence-electron chi connectivity index (χ3n) is 4.02. The highest BCUT2D eigenvalue weighted by molar-refractivity contribution is 6.39. The lowest BCUT2D eigenvalue weighted by Crippen LogP contribution is -2.39. The van der Waals surface area contributed by atoms with Gasteiger partial charge < -0.3 is 10.1 Å². The molecule has 1 aliphatic carbocycles. The smallest absolute Gasteiger partial charge is 0.267 e. The molecule has 0 radical (unpaired) electrons. The summed E-state index contributed by atoms with van der Waals surface area (Å²) in [7, 11) is 1.63. The van der Waals surface area contributed by atoms with E-state index in [4.69, 9.17) is 4.74 Å². The first-order valence-corrected chi connectivity index (χ1v) is 7.47. The summed E-state index contributed by atoms with van der Waals surface area (Å²) in [5.74, 6) is 0.915. The molecule has 1 aromatic rings. The molecule has 0 aromatic heterocycles. The molecular weight excluding hydrogens is 282 g/mol. The first kappa shape index (κ1) is 14.6. The number of nitrogens with zero attached hydrogens (tertiary/aromatic N) is 1. The highest BCUT2D eigenvalue weighted by atomic mass is 16.5. The third-order valence-corrected chi connectivity index (χ3v) is 4.02. The SMILES string of the molecule is COc1ccc([C@H](NC(=O)C2=NNC(=O)CC2)C2CC2)cc1. The summed E-state index contributed by atoms with van der Waals surface area (Å²) in [5, 5.41) is 6.90. The van der Waals surface area contributed by atoms with Gasteiger partial charge in [-0.15, -0.1) is 0 Å². The van der Waals surface area contributed by atoms with Crippen molar-refractivity contribution in [3.63, 3.8) is 0 Å². The second-order valence-corrected chi connectivity index (χ2v) is 5.66. The van der Waals surface area contributed by atoms with E-state index in [0.29, 0.717) is 24.5 Å². The van der Waals surface area contributed by atoms with Crippen LogP contribution in [0.15, 0.2) is 29.4 Å². The van der Waals surface area contributed by atoms with Crippen LogP contribution >= 0.6 is 0 Å². The summed E-state index contributed by atoms with van der Waals surface area (Å²) in [5.41, 5.74) is 3.81. The largest absolute Gasteiger partial charge is 0.497 e. The summed E-state index contributed by atoms with van der Waals surface area (Å²) in [6.07, 6.45) is 2.92. The van der Waals surface area contributed by atoms with Gasteiger partial charge in [-0.2, -0.15) is 5.10 Å². The van der Waals surface area contributed by atoms with Crippen molar-refractivity contribution in [2.24, 2.45) is 11.0 Å². The van der Waals surface area contributed by atoms with E-state index in [1.165, 1.54) is 0 Å². The number of hydrogen-bond donors (Lipinski definition) is 2. The fraction of sp³-hybridized carbons (Fsp3) is 0.438. The summed E-state index contributed by atoms with van der Waals surface area (Å²) >= 11 is 0. The quantitative estimate of drug-likeness (QED) is 0.865. The highest BCUT2D eigenvalue weighted by Crippen LogP contribution is 2.41. The Kier molecular flexibility index (Phi) is 4.09. The number of methoxy groups -OCH3 is 1. The lowest BCUT2D eigenvalue weighted by Gasteiger charge is -2.20. The van der Waals surface area contributed by atoms with Crippen molar-refractivity contribution in [2.45, 2.75) is 31.7 Å². The Hall–Kier alpha value is -2.37. The van der Waals surface area contributed by atoms with Crippen molar-refractivity contribution >= 4 is 17.5 Å². The van der Waals surface area contributed by atoms with E-state index >= 15 is 0 Å². The van der Waals surface area contributed by atoms with Crippen LogP contribution in [0.25, 0.3) is 0 Å². The Balaban J connectivity index is 1.71. The average Bonchev–Trinajstić information content (AvgIpc) is 3.38. The zero-order chi connectivity index (χ0) is 15.5. The van der Waals surface area contributed by atoms with Gasteiger partial charge in [0, 0.05) is 12.8 Å². The Morgan fingerprint density at radius 2 is 2.05 bits per heavy atom. The number of carbonyl (C=O) groups is 2. The predicted molar refractivity (Wildman–Crippen MR) is 81.4 cm³/mol. The topological polar surface area (TPSA) is 79.8 Å². The molecule has 0 saturated heterocycles. The molecule has 6 heteroatoms. The van der Waals surface area contributed by atoms with E-state index in [0.717, 1.165) is 24.2 Å². The second kappa shape index (κ2) is 6.17. The summed E-state index contributed by atoms with van der Waals surface area (Å²) in [4.78, 5) is 23.4. The minimum atomic E-state index is -0.201. The van der Waals surface area contributed by atoms with Gasteiger partial charge in [0.05, 0.1) is 13.2 Å². The number of ether oxygens (including phenoxy) is 1. The van der Waals surface area contributed by atoms with Crippen molar-refractivity contribution in [3.8, 4) is 5.75 Å². The van der Waals surface area contributed by atoms with Gasteiger partial charge in [-0.25, -0.2) is 5.43 Å². The van der Waals surface area contributed by atoms with Crippen LogP contribution in [-0.4, -0.2) is 24.6 Å². The fourth-order valence-electron chi connectivity index (χ4n) is 2.58. The Morgan fingerprint density at radius 1 is 1.32 bits per heavy atom. The third kappa shape index (κ3) is 3.27. The first-order chi connectivity index (χ1) is 10.7. The molecule has 0 unspecified atom stereocenters. The van der Waals surface area contributed by atoms with Gasteiger partial charge in [-0.3, -0.25) is 9.59 Å². The summed E-state index contributed by atoms with van der Waals surface area (Å²) in [6, 6.07) is 7.74. The first-order valence-electron chi connectivity index (χ1n) is 7.47. The number of rotatable bonds is 5. The standard InChI is InChI=1S/C16H19N3O3/c1-22-12-6-4-11(5-7-12)15(10-2-3-10)17-16(21)13-8-9-14(20)19-18-13/h4-7,10,15H,2-3,8-9H2,1H3,(H,17,21)(H,19,20)/t15-/m1/s1. The van der Waals surface area contributed by atoms with Crippen molar-refractivity contribution in [1.29, 1.82) is 0 Å². The number of nitrogens with one attached hydrogen (secondary N) is 2. The van der Waals surface area contributed by atoms with Crippen LogP contribution in [0.3, 0.4) is 0 Å². The molecule has 1 atom stereocenters. The van der Waals surface area contributed by atoms with E-state index < -0.39 is 0 Å². The van der Waals surface area contributed by atoms with Crippen LogP contribution < -0.4 is 15.5 Å². The van der Waals surface area contributed by atoms with Gasteiger partial charge in [0.15, 0.2) is 0 Å². The maximum atomic E-state index is 12.3. The molecule has 0 bridgehead atoms. The molecule has 2 N–H and O–H groups in total.